The maximum atomic E-state index is 12.7. The molecule has 1 aromatic heterocycles. The molecule has 0 saturated carbocycles. The number of aliphatic carboxylic acids is 1. The number of aromatic nitrogens is 1. The molecule has 3 aromatic rings. The molecule has 1 atom stereocenters. The Bertz CT molecular complexity index is 1220. The topological polar surface area (TPSA) is 120 Å². The van der Waals surface area contributed by atoms with Crippen LogP contribution in [-0.2, 0) is 21.2 Å². The van der Waals surface area contributed by atoms with Crippen molar-refractivity contribution in [3.05, 3.63) is 64.8 Å². The molecule has 8 nitrogen and oxygen atoms in total. The smallest absolute Gasteiger partial charge is 0.326 e. The number of carboxylic acid groups (broad SMARTS) is 1. The third-order valence-corrected chi connectivity index (χ3v) is 6.95. The second kappa shape index (κ2) is 8.47. The molecule has 3 rings (SSSR count). The molecular weight excluding hydrogens is 430 g/mol. The van der Waals surface area contributed by atoms with Crippen LogP contribution in [0.1, 0.15) is 15.9 Å². The van der Waals surface area contributed by atoms with Crippen molar-refractivity contribution in [2.45, 2.75) is 17.4 Å². The first-order valence-corrected chi connectivity index (χ1v) is 10.7. The van der Waals surface area contributed by atoms with E-state index in [2.05, 4.69) is 10.3 Å². The number of aromatic amines is 1. The van der Waals surface area contributed by atoms with Crippen molar-refractivity contribution in [1.82, 2.24) is 14.6 Å². The fraction of sp³-hybridized carbons (Fsp3) is 0.200. The largest absolute Gasteiger partial charge is 0.480 e. The number of carbonyl (C=O) groups is 2. The van der Waals surface area contributed by atoms with Crippen molar-refractivity contribution in [3.8, 4) is 0 Å². The molecule has 0 aliphatic carbocycles. The quantitative estimate of drug-likeness (QED) is 0.512. The fourth-order valence-corrected chi connectivity index (χ4v) is 4.39. The molecule has 1 amide bonds. The van der Waals surface area contributed by atoms with Crippen LogP contribution in [0.3, 0.4) is 0 Å². The molecule has 158 valence electrons. The van der Waals surface area contributed by atoms with Crippen molar-refractivity contribution < 1.29 is 23.1 Å². The van der Waals surface area contributed by atoms with Gasteiger partial charge in [-0.3, -0.25) is 4.79 Å². The lowest BCUT2D eigenvalue weighted by atomic mass is 10.0. The number of carboxylic acids is 1. The van der Waals surface area contributed by atoms with Gasteiger partial charge in [0.05, 0.1) is 5.02 Å². The Balaban J connectivity index is 1.86. The highest BCUT2D eigenvalue weighted by atomic mass is 35.5. The Hall–Kier alpha value is -2.88. The summed E-state index contributed by atoms with van der Waals surface area (Å²) in [7, 11) is -1.18. The number of H-pyrrole nitrogens is 1. The zero-order valence-electron chi connectivity index (χ0n) is 16.2. The maximum Gasteiger partial charge on any atom is 0.326 e. The van der Waals surface area contributed by atoms with Gasteiger partial charge in [-0.15, -0.1) is 0 Å². The fourth-order valence-electron chi connectivity index (χ4n) is 3.00. The number of benzene rings is 2. The molecule has 0 bridgehead atoms. The number of para-hydroxylation sites is 1. The standard InChI is InChI=1S/C20H20ClN3O5S/c1-24(2)30(28,29)18-10-12(7-8-15(18)21)19(25)23-17(20(26)27)9-13-11-22-16-6-4-3-5-14(13)16/h3-8,10-11,17,22H,9H2,1-2H3,(H,23,25)(H,26,27)/t17-/m0/s1. The third kappa shape index (κ3) is 4.33. The molecule has 0 aliphatic rings. The summed E-state index contributed by atoms with van der Waals surface area (Å²) in [6.45, 7) is 0. The molecule has 0 saturated heterocycles. The predicted octanol–water partition coefficient (Wildman–Crippen LogP) is 2.50. The summed E-state index contributed by atoms with van der Waals surface area (Å²) >= 11 is 6.00. The minimum Gasteiger partial charge on any atom is -0.480 e. The van der Waals surface area contributed by atoms with Gasteiger partial charge < -0.3 is 15.4 Å². The van der Waals surface area contributed by atoms with Crippen molar-refractivity contribution in [1.29, 1.82) is 0 Å². The number of rotatable bonds is 7. The summed E-state index contributed by atoms with van der Waals surface area (Å²) in [5.41, 5.74) is 1.59. The first-order chi connectivity index (χ1) is 14.1. The Morgan fingerprint density at radius 1 is 1.20 bits per heavy atom. The van der Waals surface area contributed by atoms with Gasteiger partial charge in [0.2, 0.25) is 10.0 Å². The lowest BCUT2D eigenvalue weighted by Gasteiger charge is -2.16. The number of fused-ring (bicyclic) bond motifs is 1. The molecule has 2 aromatic carbocycles. The van der Waals surface area contributed by atoms with Crippen LogP contribution in [0.5, 0.6) is 0 Å². The number of hydrogen-bond acceptors (Lipinski definition) is 4. The van der Waals surface area contributed by atoms with Gasteiger partial charge in [0.25, 0.3) is 5.91 Å². The van der Waals surface area contributed by atoms with Crippen molar-refractivity contribution in [3.63, 3.8) is 0 Å². The summed E-state index contributed by atoms with van der Waals surface area (Å²) in [5, 5.41) is 12.9. The number of sulfonamides is 1. The molecule has 0 spiro atoms. The minimum absolute atomic E-state index is 0.00926. The highest BCUT2D eigenvalue weighted by molar-refractivity contribution is 7.89. The minimum atomic E-state index is -3.87. The number of nitrogens with zero attached hydrogens (tertiary/aromatic N) is 1. The second-order valence-electron chi connectivity index (χ2n) is 6.86. The predicted molar refractivity (Wildman–Crippen MR) is 113 cm³/mol. The lowest BCUT2D eigenvalue weighted by molar-refractivity contribution is -0.139. The van der Waals surface area contributed by atoms with E-state index in [0.29, 0.717) is 0 Å². The van der Waals surface area contributed by atoms with Crippen LogP contribution in [0, 0.1) is 0 Å². The van der Waals surface area contributed by atoms with Gasteiger partial charge in [-0.25, -0.2) is 17.5 Å². The highest BCUT2D eigenvalue weighted by Gasteiger charge is 2.25. The molecular formula is C20H20ClN3O5S. The summed E-state index contributed by atoms with van der Waals surface area (Å²) in [6.07, 6.45) is 1.76. The zero-order valence-corrected chi connectivity index (χ0v) is 17.8. The maximum absolute atomic E-state index is 12.7. The van der Waals surface area contributed by atoms with Crippen LogP contribution in [0.2, 0.25) is 5.02 Å². The highest BCUT2D eigenvalue weighted by Crippen LogP contribution is 2.25. The first-order valence-electron chi connectivity index (χ1n) is 8.92. The van der Waals surface area contributed by atoms with E-state index >= 15 is 0 Å². The summed E-state index contributed by atoms with van der Waals surface area (Å²) in [5.74, 6) is -1.92. The lowest BCUT2D eigenvalue weighted by Crippen LogP contribution is -2.42. The molecule has 0 unspecified atom stereocenters. The Morgan fingerprint density at radius 2 is 1.90 bits per heavy atom. The number of amides is 1. The van der Waals surface area contributed by atoms with Crippen LogP contribution in [0.25, 0.3) is 10.9 Å². The average molecular weight is 450 g/mol. The average Bonchev–Trinajstić information content (AvgIpc) is 3.10. The van der Waals surface area contributed by atoms with Gasteiger partial charge in [-0.1, -0.05) is 29.8 Å². The van der Waals surface area contributed by atoms with E-state index in [1.54, 1.807) is 6.20 Å². The monoisotopic (exact) mass is 449 g/mol. The summed E-state index contributed by atoms with van der Waals surface area (Å²) in [6, 6.07) is 10.00. The van der Waals surface area contributed by atoms with Gasteiger partial charge in [-0.2, -0.15) is 0 Å². The van der Waals surface area contributed by atoms with Gasteiger partial charge in [0.15, 0.2) is 0 Å². The van der Waals surface area contributed by atoms with E-state index in [0.717, 1.165) is 26.8 Å². The molecule has 1 heterocycles. The number of hydrogen-bond donors (Lipinski definition) is 3. The van der Waals surface area contributed by atoms with E-state index in [4.69, 9.17) is 11.6 Å². The van der Waals surface area contributed by atoms with Crippen LogP contribution in [0.15, 0.2) is 53.6 Å². The molecule has 10 heteroatoms. The van der Waals surface area contributed by atoms with Crippen LogP contribution in [0.4, 0.5) is 0 Å². The van der Waals surface area contributed by atoms with Gasteiger partial charge in [-0.05, 0) is 29.8 Å². The third-order valence-electron chi connectivity index (χ3n) is 4.65. The van der Waals surface area contributed by atoms with E-state index in [1.165, 1.54) is 26.2 Å². The molecule has 30 heavy (non-hydrogen) atoms. The number of nitrogens with one attached hydrogen (secondary N) is 2. The van der Waals surface area contributed by atoms with Crippen LogP contribution < -0.4 is 5.32 Å². The molecule has 0 fully saturated rings. The van der Waals surface area contributed by atoms with E-state index in [1.807, 2.05) is 24.3 Å². The molecule has 0 radical (unpaired) electrons. The Morgan fingerprint density at radius 3 is 2.57 bits per heavy atom. The van der Waals surface area contributed by atoms with Crippen molar-refractivity contribution >= 4 is 44.4 Å². The van der Waals surface area contributed by atoms with E-state index in [-0.39, 0.29) is 21.9 Å². The van der Waals surface area contributed by atoms with Crippen molar-refractivity contribution in [2.24, 2.45) is 0 Å². The SMILES string of the molecule is CN(C)S(=O)(=O)c1cc(C(=O)N[C@@H](Cc2c[nH]c3ccccc23)C(=O)O)ccc1Cl. The number of carbonyl (C=O) groups excluding carboxylic acids is 1. The number of halogens is 1. The summed E-state index contributed by atoms with van der Waals surface area (Å²) in [4.78, 5) is 27.3. The molecule has 0 aliphatic heterocycles. The first kappa shape index (κ1) is 21.8. The van der Waals surface area contributed by atoms with Gasteiger partial charge in [0, 0.05) is 43.2 Å². The Labute approximate surface area is 178 Å². The second-order valence-corrected chi connectivity index (χ2v) is 9.39. The van der Waals surface area contributed by atoms with Crippen LogP contribution >= 0.6 is 11.6 Å². The van der Waals surface area contributed by atoms with E-state index in [9.17, 15) is 23.1 Å². The van der Waals surface area contributed by atoms with Gasteiger partial charge >= 0.3 is 5.97 Å². The van der Waals surface area contributed by atoms with Crippen LogP contribution in [-0.4, -0.2) is 54.8 Å². The zero-order chi connectivity index (χ0) is 22.1. The van der Waals surface area contributed by atoms with Gasteiger partial charge in [0.1, 0.15) is 10.9 Å². The van der Waals surface area contributed by atoms with Crippen molar-refractivity contribution in [2.75, 3.05) is 14.1 Å². The normalized spacial score (nSPS) is 12.8. The van der Waals surface area contributed by atoms with E-state index < -0.39 is 27.9 Å². The Kier molecular flexibility index (Phi) is 6.16. The molecule has 3 N–H and O–H groups in total. The summed E-state index contributed by atoms with van der Waals surface area (Å²) < 4.78 is 25.8.